The number of nitrogens with zero attached hydrogens (tertiary/aromatic N) is 1. The first-order chi connectivity index (χ1) is 16.3. The number of nitrogens with one attached hydrogen (secondary N) is 2. The van der Waals surface area contributed by atoms with Crippen LogP contribution in [-0.2, 0) is 21.5 Å². The summed E-state index contributed by atoms with van der Waals surface area (Å²) in [6.07, 6.45) is 0.457. The minimum atomic E-state index is -1.30. The average molecular weight is 533 g/mol. The minimum Gasteiger partial charge on any atom is -0.330 e. The zero-order chi connectivity index (χ0) is 24.3. The minimum absolute atomic E-state index is 0.149. The highest BCUT2D eigenvalue weighted by Crippen LogP contribution is 2.37. The molecule has 34 heavy (non-hydrogen) atoms. The summed E-state index contributed by atoms with van der Waals surface area (Å²) in [6.45, 7) is 0.425. The molecule has 0 spiro atoms. The van der Waals surface area contributed by atoms with Crippen LogP contribution in [0.5, 0.6) is 0 Å². The van der Waals surface area contributed by atoms with Crippen molar-refractivity contribution in [3.8, 4) is 0 Å². The maximum Gasteiger partial charge on any atom is 0.257 e. The summed E-state index contributed by atoms with van der Waals surface area (Å²) < 4.78 is 0. The molecular weight excluding hydrogens is 513 g/mol. The van der Waals surface area contributed by atoms with Gasteiger partial charge in [0.25, 0.3) is 5.91 Å². The molecule has 1 heterocycles. The fraction of sp³-hybridized carbons (Fsp3) is 0.160. The monoisotopic (exact) mass is 531 g/mol. The fourth-order valence-electron chi connectivity index (χ4n) is 4.04. The number of carbonyl (C=O) groups is 2. The Kier molecular flexibility index (Phi) is 7.43. The second-order valence-corrected chi connectivity index (χ2v) is 9.51. The summed E-state index contributed by atoms with van der Waals surface area (Å²) >= 11 is 23.6. The molecule has 1 saturated heterocycles. The van der Waals surface area contributed by atoms with E-state index in [1.165, 1.54) is 0 Å². The van der Waals surface area contributed by atoms with Crippen molar-refractivity contribution in [1.29, 1.82) is 0 Å². The number of amides is 2. The molecule has 3 aromatic rings. The molecule has 0 saturated carbocycles. The Morgan fingerprint density at radius 1 is 0.971 bits per heavy atom. The first kappa shape index (κ1) is 24.5. The number of hydrogen-bond acceptors (Lipinski definition) is 3. The predicted molar refractivity (Wildman–Crippen MR) is 140 cm³/mol. The average Bonchev–Trinajstić information content (AvgIpc) is 3.05. The van der Waals surface area contributed by atoms with Gasteiger partial charge in [-0.3, -0.25) is 9.59 Å². The first-order valence-corrected chi connectivity index (χ1v) is 12.0. The summed E-state index contributed by atoms with van der Waals surface area (Å²) in [5.41, 5.74) is 0.892. The van der Waals surface area contributed by atoms with Crippen LogP contribution in [0.3, 0.4) is 0 Å². The van der Waals surface area contributed by atoms with Gasteiger partial charge in [0.05, 0.1) is 16.5 Å². The Balaban J connectivity index is 1.65. The Morgan fingerprint density at radius 2 is 1.68 bits per heavy atom. The summed E-state index contributed by atoms with van der Waals surface area (Å²) in [5.74, 6) is -0.706. The zero-order valence-electron chi connectivity index (χ0n) is 17.9. The van der Waals surface area contributed by atoms with Gasteiger partial charge >= 0.3 is 0 Å². The number of carbonyl (C=O) groups excluding carboxylic acids is 2. The molecule has 1 aliphatic heterocycles. The van der Waals surface area contributed by atoms with E-state index in [1.54, 1.807) is 23.1 Å². The van der Waals surface area contributed by atoms with Crippen molar-refractivity contribution >= 4 is 69.6 Å². The van der Waals surface area contributed by atoms with Gasteiger partial charge in [-0.15, -0.1) is 0 Å². The number of benzene rings is 3. The smallest absolute Gasteiger partial charge is 0.257 e. The molecule has 3 aromatic carbocycles. The Hall–Kier alpha value is -2.64. The summed E-state index contributed by atoms with van der Waals surface area (Å²) in [7, 11) is 0. The second-order valence-electron chi connectivity index (χ2n) is 7.87. The molecule has 1 aliphatic rings. The van der Waals surface area contributed by atoms with E-state index in [0.29, 0.717) is 39.3 Å². The van der Waals surface area contributed by atoms with Gasteiger partial charge in [-0.25, -0.2) is 0 Å². The van der Waals surface area contributed by atoms with Crippen LogP contribution >= 0.6 is 47.0 Å². The molecule has 4 rings (SSSR count). The maximum absolute atomic E-state index is 13.4. The van der Waals surface area contributed by atoms with Gasteiger partial charge in [-0.05, 0) is 60.1 Å². The maximum atomic E-state index is 13.4. The molecular formula is C25H20Cl3N3O2S. The number of rotatable bonds is 7. The molecule has 1 fully saturated rings. The van der Waals surface area contributed by atoms with Gasteiger partial charge in [0.1, 0.15) is 0 Å². The molecule has 0 aliphatic carbocycles. The Labute approximate surface area is 218 Å². The molecule has 5 nitrogen and oxygen atoms in total. The number of halogens is 3. The van der Waals surface area contributed by atoms with E-state index in [1.807, 2.05) is 54.6 Å². The molecule has 0 bridgehead atoms. The molecule has 0 aromatic heterocycles. The third-order valence-corrected chi connectivity index (χ3v) is 7.02. The highest BCUT2D eigenvalue weighted by atomic mass is 35.5. The van der Waals surface area contributed by atoms with Crippen LogP contribution in [0.4, 0.5) is 5.69 Å². The molecule has 1 unspecified atom stereocenters. The molecule has 2 amide bonds. The van der Waals surface area contributed by atoms with E-state index in [0.717, 1.165) is 5.56 Å². The van der Waals surface area contributed by atoms with Gasteiger partial charge in [0, 0.05) is 17.3 Å². The van der Waals surface area contributed by atoms with Crippen LogP contribution in [0.1, 0.15) is 17.5 Å². The van der Waals surface area contributed by atoms with E-state index in [2.05, 4.69) is 10.6 Å². The zero-order valence-corrected chi connectivity index (χ0v) is 20.9. The largest absolute Gasteiger partial charge is 0.330 e. The van der Waals surface area contributed by atoms with Crippen molar-refractivity contribution in [1.82, 2.24) is 10.2 Å². The van der Waals surface area contributed by atoms with Crippen molar-refractivity contribution in [2.75, 3.05) is 11.9 Å². The molecule has 1 atom stereocenters. The predicted octanol–water partition coefficient (Wildman–Crippen LogP) is 5.83. The summed E-state index contributed by atoms with van der Waals surface area (Å²) in [4.78, 5) is 28.4. The van der Waals surface area contributed by atoms with Gasteiger partial charge in [-0.1, -0.05) is 77.3 Å². The third-order valence-electron chi connectivity index (χ3n) is 5.71. The first-order valence-electron chi connectivity index (χ1n) is 10.5. The van der Waals surface area contributed by atoms with Gasteiger partial charge in [0.2, 0.25) is 5.91 Å². The van der Waals surface area contributed by atoms with E-state index < -0.39 is 5.54 Å². The topological polar surface area (TPSA) is 61.4 Å². The lowest BCUT2D eigenvalue weighted by Crippen LogP contribution is -2.50. The summed E-state index contributed by atoms with van der Waals surface area (Å²) in [5, 5.41) is 7.22. The number of hydrogen-bond donors (Lipinski definition) is 2. The van der Waals surface area contributed by atoms with Crippen LogP contribution in [0.15, 0.2) is 72.8 Å². The summed E-state index contributed by atoms with van der Waals surface area (Å²) in [6, 6.07) is 21.5. The highest BCUT2D eigenvalue weighted by Gasteiger charge is 2.53. The van der Waals surface area contributed by atoms with Gasteiger partial charge in [0.15, 0.2) is 10.7 Å². The Bertz CT molecular complexity index is 1240. The van der Waals surface area contributed by atoms with E-state index in [9.17, 15) is 9.59 Å². The van der Waals surface area contributed by atoms with Crippen LogP contribution in [0.25, 0.3) is 0 Å². The normalized spacial score (nSPS) is 17.6. The lowest BCUT2D eigenvalue weighted by atomic mass is 9.84. The van der Waals surface area contributed by atoms with Gasteiger partial charge in [-0.2, -0.15) is 0 Å². The lowest BCUT2D eigenvalue weighted by molar-refractivity contribution is -0.131. The van der Waals surface area contributed by atoms with E-state index >= 15 is 0 Å². The molecule has 2 N–H and O–H groups in total. The lowest BCUT2D eigenvalue weighted by Gasteiger charge is -2.36. The van der Waals surface area contributed by atoms with E-state index in [-0.39, 0.29) is 23.3 Å². The SMILES string of the molecule is O=C(CC1(c2ccccc2)C(=O)NC(=S)N1CCc1ccc(Cl)cc1)Nc1ccc(Cl)c(Cl)c1. The van der Waals surface area contributed by atoms with Crippen molar-refractivity contribution < 1.29 is 9.59 Å². The molecule has 9 heteroatoms. The number of anilines is 1. The van der Waals surface area contributed by atoms with Gasteiger partial charge < -0.3 is 15.5 Å². The number of thiocarbonyl (C=S) groups is 1. The molecule has 174 valence electrons. The van der Waals surface area contributed by atoms with Crippen LogP contribution in [0.2, 0.25) is 15.1 Å². The standard InChI is InChI=1S/C25H20Cl3N3O2S/c26-18-8-6-16(7-9-18)12-13-31-24(34)30-23(33)25(31,17-4-2-1-3-5-17)15-22(32)29-19-10-11-20(27)21(28)14-19/h1-11,14H,12-13,15H2,(H,29,32)(H,30,33,34). The fourth-order valence-corrected chi connectivity index (χ4v) is 4.80. The van der Waals surface area contributed by atoms with Crippen LogP contribution < -0.4 is 10.6 Å². The highest BCUT2D eigenvalue weighted by molar-refractivity contribution is 7.80. The van der Waals surface area contributed by atoms with Crippen LogP contribution in [-0.4, -0.2) is 28.4 Å². The van der Waals surface area contributed by atoms with Crippen molar-refractivity contribution in [2.45, 2.75) is 18.4 Å². The quantitative estimate of drug-likeness (QED) is 0.376. The van der Waals surface area contributed by atoms with Crippen molar-refractivity contribution in [3.05, 3.63) is 99.0 Å². The van der Waals surface area contributed by atoms with Crippen LogP contribution in [0, 0.1) is 0 Å². The van der Waals surface area contributed by atoms with E-state index in [4.69, 9.17) is 47.0 Å². The van der Waals surface area contributed by atoms with Crippen molar-refractivity contribution in [2.24, 2.45) is 0 Å². The molecule has 0 radical (unpaired) electrons. The Morgan fingerprint density at radius 3 is 2.35 bits per heavy atom. The second kappa shape index (κ2) is 10.3. The third kappa shape index (κ3) is 5.05. The van der Waals surface area contributed by atoms with Crippen molar-refractivity contribution in [3.63, 3.8) is 0 Å².